The molecule has 2 heterocycles. The highest BCUT2D eigenvalue weighted by molar-refractivity contribution is 7.09. The fourth-order valence-electron chi connectivity index (χ4n) is 1.50. The zero-order valence-electron chi connectivity index (χ0n) is 11.2. The molecule has 0 aliphatic rings. The van der Waals surface area contributed by atoms with Gasteiger partial charge in [-0.05, 0) is 0 Å². The van der Waals surface area contributed by atoms with Gasteiger partial charge in [0.2, 0.25) is 0 Å². The Labute approximate surface area is 112 Å². The molecule has 0 unspecified atom stereocenters. The van der Waals surface area contributed by atoms with E-state index in [1.54, 1.807) is 23.7 Å². The summed E-state index contributed by atoms with van der Waals surface area (Å²) in [7, 11) is 1.84. The van der Waals surface area contributed by atoms with E-state index in [-0.39, 0.29) is 5.41 Å². The van der Waals surface area contributed by atoms with E-state index in [1.165, 1.54) is 0 Å². The molecule has 4 nitrogen and oxygen atoms in total. The Bertz CT molecular complexity index is 528. The first-order valence-corrected chi connectivity index (χ1v) is 6.80. The molecule has 5 heteroatoms. The Hall–Kier alpha value is -1.49. The van der Waals surface area contributed by atoms with Gasteiger partial charge in [-0.3, -0.25) is 4.98 Å². The number of hydrogen-bond donors (Lipinski definition) is 1. The summed E-state index contributed by atoms with van der Waals surface area (Å²) in [5, 5.41) is 6.21. The van der Waals surface area contributed by atoms with Crippen LogP contribution in [-0.4, -0.2) is 22.0 Å². The quantitative estimate of drug-likeness (QED) is 0.924. The molecule has 0 saturated carbocycles. The van der Waals surface area contributed by atoms with Crippen LogP contribution in [0, 0.1) is 0 Å². The maximum atomic E-state index is 4.66. The molecular weight excluding hydrogens is 244 g/mol. The van der Waals surface area contributed by atoms with Crippen molar-refractivity contribution in [3.63, 3.8) is 0 Å². The summed E-state index contributed by atoms with van der Waals surface area (Å²) in [5.74, 6) is 0.792. The van der Waals surface area contributed by atoms with E-state index in [4.69, 9.17) is 0 Å². The number of rotatable bonds is 3. The first kappa shape index (κ1) is 13.0. The molecule has 2 aromatic heterocycles. The normalized spacial score (nSPS) is 11.6. The van der Waals surface area contributed by atoms with Gasteiger partial charge in [0.15, 0.2) is 0 Å². The fourth-order valence-corrected chi connectivity index (χ4v) is 2.54. The molecule has 2 aromatic rings. The van der Waals surface area contributed by atoms with Crippen LogP contribution in [0.5, 0.6) is 0 Å². The van der Waals surface area contributed by atoms with Gasteiger partial charge in [0.1, 0.15) is 5.82 Å². The predicted molar refractivity (Wildman–Crippen MR) is 75.2 cm³/mol. The molecule has 18 heavy (non-hydrogen) atoms. The third kappa shape index (κ3) is 3.04. The van der Waals surface area contributed by atoms with Crippen molar-refractivity contribution in [1.82, 2.24) is 15.0 Å². The summed E-state index contributed by atoms with van der Waals surface area (Å²) >= 11 is 1.69. The summed E-state index contributed by atoms with van der Waals surface area (Å²) in [6.07, 6.45) is 4.24. The minimum atomic E-state index is 0.104. The van der Waals surface area contributed by atoms with Gasteiger partial charge in [-0.2, -0.15) is 0 Å². The number of thiazole rings is 1. The molecule has 0 spiro atoms. The molecule has 96 valence electrons. The van der Waals surface area contributed by atoms with Crippen LogP contribution in [0.15, 0.2) is 17.8 Å². The van der Waals surface area contributed by atoms with Crippen molar-refractivity contribution in [2.24, 2.45) is 0 Å². The third-order valence-electron chi connectivity index (χ3n) is 2.59. The first-order chi connectivity index (χ1) is 8.49. The highest BCUT2D eigenvalue weighted by Crippen LogP contribution is 2.24. The Morgan fingerprint density at radius 2 is 2.00 bits per heavy atom. The largest absolute Gasteiger partial charge is 0.372 e. The lowest BCUT2D eigenvalue weighted by molar-refractivity contribution is 0.571. The van der Waals surface area contributed by atoms with Crippen LogP contribution in [0.1, 0.15) is 37.2 Å². The van der Waals surface area contributed by atoms with E-state index in [2.05, 4.69) is 46.4 Å². The molecule has 0 radical (unpaired) electrons. The lowest BCUT2D eigenvalue weighted by Crippen LogP contribution is -2.11. The van der Waals surface area contributed by atoms with Crippen LogP contribution >= 0.6 is 11.3 Å². The van der Waals surface area contributed by atoms with Crippen LogP contribution in [-0.2, 0) is 11.8 Å². The van der Waals surface area contributed by atoms with Crippen molar-refractivity contribution in [1.29, 1.82) is 0 Å². The molecule has 1 N–H and O–H groups in total. The van der Waals surface area contributed by atoms with Crippen LogP contribution in [0.2, 0.25) is 0 Å². The molecule has 0 bridgehead atoms. The molecule has 0 saturated heterocycles. The van der Waals surface area contributed by atoms with Crippen LogP contribution in [0.25, 0.3) is 0 Å². The summed E-state index contributed by atoms with van der Waals surface area (Å²) in [6, 6.07) is 0. The van der Waals surface area contributed by atoms with Crippen molar-refractivity contribution in [2.45, 2.75) is 32.6 Å². The van der Waals surface area contributed by atoms with Gasteiger partial charge in [0, 0.05) is 30.5 Å². The Morgan fingerprint density at radius 1 is 1.22 bits per heavy atom. The predicted octanol–water partition coefficient (Wildman–Crippen LogP) is 2.86. The average Bonchev–Trinajstić information content (AvgIpc) is 2.77. The second kappa shape index (κ2) is 5.02. The molecule has 0 aromatic carbocycles. The van der Waals surface area contributed by atoms with Crippen LogP contribution in [0.4, 0.5) is 5.82 Å². The average molecular weight is 262 g/mol. The maximum Gasteiger partial charge on any atom is 0.144 e. The van der Waals surface area contributed by atoms with Crippen LogP contribution < -0.4 is 5.32 Å². The number of nitrogens with zero attached hydrogens (tertiary/aromatic N) is 3. The van der Waals surface area contributed by atoms with Gasteiger partial charge in [-0.1, -0.05) is 20.8 Å². The van der Waals surface area contributed by atoms with Crippen molar-refractivity contribution >= 4 is 17.2 Å². The number of nitrogens with one attached hydrogen (secondary N) is 1. The minimum absolute atomic E-state index is 0.104. The summed E-state index contributed by atoms with van der Waals surface area (Å²) in [5.41, 5.74) is 2.18. The van der Waals surface area contributed by atoms with E-state index >= 15 is 0 Å². The number of hydrogen-bond acceptors (Lipinski definition) is 5. The van der Waals surface area contributed by atoms with Crippen LogP contribution in [0.3, 0.4) is 0 Å². The minimum Gasteiger partial charge on any atom is -0.372 e. The Morgan fingerprint density at radius 3 is 2.61 bits per heavy atom. The van der Waals surface area contributed by atoms with Gasteiger partial charge in [0.25, 0.3) is 0 Å². The lowest BCUT2D eigenvalue weighted by atomic mass is 9.93. The Kier molecular flexibility index (Phi) is 3.61. The molecule has 0 atom stereocenters. The van der Waals surface area contributed by atoms with E-state index in [0.29, 0.717) is 0 Å². The maximum absolute atomic E-state index is 4.66. The Balaban J connectivity index is 2.16. The van der Waals surface area contributed by atoms with Gasteiger partial charge >= 0.3 is 0 Å². The topological polar surface area (TPSA) is 50.7 Å². The molecule has 0 aliphatic heterocycles. The third-order valence-corrected chi connectivity index (χ3v) is 3.44. The van der Waals surface area contributed by atoms with Crippen molar-refractivity contribution < 1.29 is 0 Å². The van der Waals surface area contributed by atoms with Gasteiger partial charge in [-0.25, -0.2) is 9.97 Å². The number of aromatic nitrogens is 3. The molecule has 0 amide bonds. The second-order valence-electron chi connectivity index (χ2n) is 5.20. The fraction of sp³-hybridized carbons (Fsp3) is 0.462. The molecule has 2 rings (SSSR count). The molecular formula is C13H18N4S. The van der Waals surface area contributed by atoms with Gasteiger partial charge < -0.3 is 5.32 Å². The number of anilines is 1. The monoisotopic (exact) mass is 262 g/mol. The molecule has 0 fully saturated rings. The highest BCUT2D eigenvalue weighted by Gasteiger charge is 2.17. The zero-order chi connectivity index (χ0) is 13.2. The molecule has 0 aliphatic carbocycles. The van der Waals surface area contributed by atoms with E-state index < -0.39 is 0 Å². The van der Waals surface area contributed by atoms with E-state index in [9.17, 15) is 0 Å². The summed E-state index contributed by atoms with van der Waals surface area (Å²) in [6.45, 7) is 6.52. The SMILES string of the molecule is CNc1cncc(Cc2nc(C(C)(C)C)cs2)n1. The standard InChI is InChI=1S/C13H18N4S/c1-13(2,3)10-8-18-12(17-10)5-9-6-15-7-11(14-4)16-9/h6-8H,5H2,1-4H3,(H,14,16). The summed E-state index contributed by atoms with van der Waals surface area (Å²) in [4.78, 5) is 13.3. The summed E-state index contributed by atoms with van der Waals surface area (Å²) < 4.78 is 0. The van der Waals surface area contributed by atoms with Gasteiger partial charge in [0.05, 0.1) is 22.6 Å². The highest BCUT2D eigenvalue weighted by atomic mass is 32.1. The van der Waals surface area contributed by atoms with E-state index in [1.807, 2.05) is 7.05 Å². The smallest absolute Gasteiger partial charge is 0.144 e. The van der Waals surface area contributed by atoms with Crippen molar-refractivity contribution in [3.8, 4) is 0 Å². The lowest BCUT2D eigenvalue weighted by Gasteiger charge is -2.14. The second-order valence-corrected chi connectivity index (χ2v) is 6.14. The van der Waals surface area contributed by atoms with E-state index in [0.717, 1.165) is 28.6 Å². The zero-order valence-corrected chi connectivity index (χ0v) is 12.0. The van der Waals surface area contributed by atoms with Crippen molar-refractivity contribution in [3.05, 3.63) is 34.2 Å². The van der Waals surface area contributed by atoms with Crippen molar-refractivity contribution in [2.75, 3.05) is 12.4 Å². The van der Waals surface area contributed by atoms with Gasteiger partial charge in [-0.15, -0.1) is 11.3 Å². The first-order valence-electron chi connectivity index (χ1n) is 5.92.